The Morgan fingerprint density at radius 1 is 1.32 bits per heavy atom. The van der Waals surface area contributed by atoms with Crippen LogP contribution in [0.5, 0.6) is 0 Å². The van der Waals surface area contributed by atoms with E-state index in [0.717, 1.165) is 0 Å². The van der Waals surface area contributed by atoms with Gasteiger partial charge < -0.3 is 4.42 Å². The number of hydrogen-bond acceptors (Lipinski definition) is 4. The quantitative estimate of drug-likeness (QED) is 0.915. The van der Waals surface area contributed by atoms with Crippen molar-refractivity contribution in [3.63, 3.8) is 0 Å². The summed E-state index contributed by atoms with van der Waals surface area (Å²) < 4.78 is 5.38. The zero-order chi connectivity index (χ0) is 14.0. The molecule has 0 aliphatic rings. The Kier molecular flexibility index (Phi) is 3.57. The lowest BCUT2D eigenvalue weighted by atomic mass is 9.96. The molecule has 2 aromatic rings. The Balaban J connectivity index is 2.18. The first-order chi connectivity index (χ1) is 8.86. The highest BCUT2D eigenvalue weighted by Gasteiger charge is 2.23. The molecule has 0 aliphatic carbocycles. The predicted molar refractivity (Wildman–Crippen MR) is 72.8 cm³/mol. The number of nitrogens with zero attached hydrogens (tertiary/aromatic N) is 2. The molecule has 0 aliphatic heterocycles. The highest BCUT2D eigenvalue weighted by molar-refractivity contribution is 6.30. The molecule has 0 unspecified atom stereocenters. The lowest BCUT2D eigenvalue weighted by molar-refractivity contribution is -0.123. The molecule has 1 heterocycles. The van der Waals surface area contributed by atoms with Gasteiger partial charge in [-0.1, -0.05) is 43.5 Å². The second-order valence-corrected chi connectivity index (χ2v) is 5.56. The number of rotatable bonds is 2. The van der Waals surface area contributed by atoms with Gasteiger partial charge in [-0.3, -0.25) is 10.1 Å². The molecule has 1 amide bonds. The minimum Gasteiger partial charge on any atom is -0.403 e. The van der Waals surface area contributed by atoms with Crippen molar-refractivity contribution in [2.75, 3.05) is 5.32 Å². The first kappa shape index (κ1) is 13.5. The van der Waals surface area contributed by atoms with E-state index in [0.29, 0.717) is 16.5 Å². The molecule has 5 nitrogen and oxygen atoms in total. The molecule has 6 heteroatoms. The van der Waals surface area contributed by atoms with Crippen LogP contribution in [0.1, 0.15) is 20.8 Å². The summed E-state index contributed by atoms with van der Waals surface area (Å²) in [6.07, 6.45) is 0. The summed E-state index contributed by atoms with van der Waals surface area (Å²) in [6.45, 7) is 5.41. The normalized spacial score (nSPS) is 11.4. The third-order valence-electron chi connectivity index (χ3n) is 2.40. The largest absolute Gasteiger partial charge is 0.403 e. The van der Waals surface area contributed by atoms with Crippen molar-refractivity contribution < 1.29 is 9.21 Å². The maximum Gasteiger partial charge on any atom is 0.322 e. The third-order valence-corrected chi connectivity index (χ3v) is 2.63. The van der Waals surface area contributed by atoms with Gasteiger partial charge in [-0.15, -0.1) is 5.10 Å². The molecule has 0 radical (unpaired) electrons. The number of hydrogen-bond donors (Lipinski definition) is 1. The minimum absolute atomic E-state index is 0.0786. The molecule has 1 aromatic carbocycles. The number of benzene rings is 1. The molecule has 0 saturated heterocycles. The highest BCUT2D eigenvalue weighted by atomic mass is 35.5. The number of nitrogens with one attached hydrogen (secondary N) is 1. The van der Waals surface area contributed by atoms with E-state index in [1.54, 1.807) is 45.0 Å². The fourth-order valence-electron chi connectivity index (χ4n) is 1.30. The topological polar surface area (TPSA) is 68.0 Å². The Morgan fingerprint density at radius 3 is 2.68 bits per heavy atom. The lowest BCUT2D eigenvalue weighted by Crippen LogP contribution is -2.27. The van der Waals surface area contributed by atoms with E-state index in [1.165, 1.54) is 0 Å². The van der Waals surface area contributed by atoms with Gasteiger partial charge in [0.25, 0.3) is 0 Å². The van der Waals surface area contributed by atoms with Gasteiger partial charge in [0.1, 0.15) is 0 Å². The zero-order valence-electron chi connectivity index (χ0n) is 10.9. The SMILES string of the molecule is CC(C)(C)C(=O)Nc1nnc(-c2cccc(Cl)c2)o1. The highest BCUT2D eigenvalue weighted by Crippen LogP contribution is 2.23. The van der Waals surface area contributed by atoms with Crippen molar-refractivity contribution in [1.29, 1.82) is 0 Å². The van der Waals surface area contributed by atoms with Gasteiger partial charge in [-0.05, 0) is 18.2 Å². The Bertz CT molecular complexity index is 602. The van der Waals surface area contributed by atoms with Crippen molar-refractivity contribution in [3.05, 3.63) is 29.3 Å². The monoisotopic (exact) mass is 279 g/mol. The Labute approximate surface area is 116 Å². The second-order valence-electron chi connectivity index (χ2n) is 5.13. The van der Waals surface area contributed by atoms with Gasteiger partial charge >= 0.3 is 6.01 Å². The minimum atomic E-state index is -0.523. The molecular formula is C13H14ClN3O2. The van der Waals surface area contributed by atoms with E-state index < -0.39 is 5.41 Å². The van der Waals surface area contributed by atoms with E-state index in [9.17, 15) is 4.79 Å². The van der Waals surface area contributed by atoms with Gasteiger partial charge in [0.15, 0.2) is 0 Å². The zero-order valence-corrected chi connectivity index (χ0v) is 11.7. The molecule has 0 spiro atoms. The molecule has 100 valence electrons. The van der Waals surface area contributed by atoms with Crippen LogP contribution in [0.4, 0.5) is 6.01 Å². The summed E-state index contributed by atoms with van der Waals surface area (Å²) in [5, 5.41) is 10.8. The summed E-state index contributed by atoms with van der Waals surface area (Å²) in [5.41, 5.74) is 0.182. The van der Waals surface area contributed by atoms with E-state index in [4.69, 9.17) is 16.0 Å². The molecule has 1 N–H and O–H groups in total. The van der Waals surface area contributed by atoms with E-state index >= 15 is 0 Å². The number of carbonyl (C=O) groups is 1. The lowest BCUT2D eigenvalue weighted by Gasteiger charge is -2.15. The third kappa shape index (κ3) is 3.32. The van der Waals surface area contributed by atoms with Gasteiger partial charge in [0.05, 0.1) is 0 Å². The summed E-state index contributed by atoms with van der Waals surface area (Å²) in [5.74, 6) is 0.125. The summed E-state index contributed by atoms with van der Waals surface area (Å²) in [6, 6.07) is 7.13. The number of halogens is 1. The Morgan fingerprint density at radius 2 is 2.05 bits per heavy atom. The van der Waals surface area contributed by atoms with Crippen LogP contribution >= 0.6 is 11.6 Å². The van der Waals surface area contributed by atoms with Crippen molar-refractivity contribution in [2.24, 2.45) is 5.41 Å². The second kappa shape index (κ2) is 5.01. The summed E-state index contributed by atoms with van der Waals surface area (Å²) in [7, 11) is 0. The van der Waals surface area contributed by atoms with Crippen LogP contribution in [-0.4, -0.2) is 16.1 Å². The van der Waals surface area contributed by atoms with Crippen molar-refractivity contribution in [3.8, 4) is 11.5 Å². The van der Waals surface area contributed by atoms with Gasteiger partial charge in [0.2, 0.25) is 11.8 Å². The molecular weight excluding hydrogens is 266 g/mol. The van der Waals surface area contributed by atoms with Gasteiger partial charge in [-0.25, -0.2) is 0 Å². The number of aromatic nitrogens is 2. The molecule has 0 saturated carbocycles. The Hall–Kier alpha value is -1.88. The fraction of sp³-hybridized carbons (Fsp3) is 0.308. The molecule has 0 atom stereocenters. The molecule has 0 fully saturated rings. The average molecular weight is 280 g/mol. The van der Waals surface area contributed by atoms with Crippen LogP contribution in [0.3, 0.4) is 0 Å². The number of carbonyl (C=O) groups excluding carboxylic acids is 1. The number of amides is 1. The summed E-state index contributed by atoms with van der Waals surface area (Å²) in [4.78, 5) is 11.8. The number of anilines is 1. The maximum atomic E-state index is 11.8. The van der Waals surface area contributed by atoms with Crippen LogP contribution in [0, 0.1) is 5.41 Å². The molecule has 2 rings (SSSR count). The van der Waals surface area contributed by atoms with Gasteiger partial charge in [0, 0.05) is 16.0 Å². The van der Waals surface area contributed by atoms with E-state index in [-0.39, 0.29) is 11.9 Å². The van der Waals surface area contributed by atoms with Crippen molar-refractivity contribution in [1.82, 2.24) is 10.2 Å². The standard InChI is InChI=1S/C13H14ClN3O2/c1-13(2,3)11(18)15-12-17-16-10(19-12)8-5-4-6-9(14)7-8/h4-7H,1-3H3,(H,15,17,18). The van der Waals surface area contributed by atoms with Crippen molar-refractivity contribution >= 4 is 23.5 Å². The fourth-order valence-corrected chi connectivity index (χ4v) is 1.49. The predicted octanol–water partition coefficient (Wildman–Crippen LogP) is 3.37. The van der Waals surface area contributed by atoms with E-state index in [1.807, 2.05) is 0 Å². The van der Waals surface area contributed by atoms with Gasteiger partial charge in [-0.2, -0.15) is 0 Å². The summed E-state index contributed by atoms with van der Waals surface area (Å²) >= 11 is 5.89. The van der Waals surface area contributed by atoms with Crippen molar-refractivity contribution in [2.45, 2.75) is 20.8 Å². The maximum absolute atomic E-state index is 11.8. The van der Waals surface area contributed by atoms with E-state index in [2.05, 4.69) is 15.5 Å². The molecule has 0 bridgehead atoms. The van der Waals surface area contributed by atoms with Crippen LogP contribution in [-0.2, 0) is 4.79 Å². The first-order valence-corrected chi connectivity index (χ1v) is 6.15. The average Bonchev–Trinajstić information content (AvgIpc) is 2.76. The molecule has 19 heavy (non-hydrogen) atoms. The first-order valence-electron chi connectivity index (χ1n) is 5.77. The van der Waals surface area contributed by atoms with Crippen LogP contribution in [0.2, 0.25) is 5.02 Å². The van der Waals surface area contributed by atoms with Crippen LogP contribution in [0.25, 0.3) is 11.5 Å². The molecule has 1 aromatic heterocycles. The smallest absolute Gasteiger partial charge is 0.322 e. The van der Waals surface area contributed by atoms with Crippen LogP contribution < -0.4 is 5.32 Å². The van der Waals surface area contributed by atoms with Crippen LogP contribution in [0.15, 0.2) is 28.7 Å².